The largest absolute Gasteiger partial charge is 0.493 e. The zero-order valence-corrected chi connectivity index (χ0v) is 12.8. The van der Waals surface area contributed by atoms with Crippen LogP contribution in [0, 0.1) is 0 Å². The summed E-state index contributed by atoms with van der Waals surface area (Å²) in [6, 6.07) is 12.8. The van der Waals surface area contributed by atoms with Crippen LogP contribution in [-0.4, -0.2) is 20.1 Å². The van der Waals surface area contributed by atoms with Crippen molar-refractivity contribution in [3.05, 3.63) is 59.2 Å². The number of nitrogens with one attached hydrogen (secondary N) is 1. The molecule has 0 radical (unpaired) electrons. The Morgan fingerprint density at radius 2 is 1.82 bits per heavy atom. The van der Waals surface area contributed by atoms with Crippen molar-refractivity contribution in [1.82, 2.24) is 5.32 Å². The molecule has 0 aliphatic heterocycles. The molecule has 2 rings (SSSR count). The number of carbonyl (C=O) groups is 1. The standard InChI is InChI=1S/C17H20N2O3/c1-21-15-7-6-13(9-16(15)22-2)11-19-17(20)14-5-3-4-12(8-14)10-18/h3-9H,10-11,18H2,1-2H3,(H,19,20). The molecule has 0 saturated carbocycles. The SMILES string of the molecule is COc1ccc(CNC(=O)c2cccc(CN)c2)cc1OC. The van der Waals surface area contributed by atoms with Gasteiger partial charge in [-0.3, -0.25) is 4.79 Å². The minimum absolute atomic E-state index is 0.134. The monoisotopic (exact) mass is 300 g/mol. The number of methoxy groups -OCH3 is 2. The lowest BCUT2D eigenvalue weighted by molar-refractivity contribution is 0.0951. The van der Waals surface area contributed by atoms with Crippen molar-refractivity contribution in [3.63, 3.8) is 0 Å². The van der Waals surface area contributed by atoms with Crippen molar-refractivity contribution < 1.29 is 14.3 Å². The highest BCUT2D eigenvalue weighted by molar-refractivity contribution is 5.94. The third-order valence-corrected chi connectivity index (χ3v) is 3.33. The Balaban J connectivity index is 2.04. The molecule has 2 aromatic carbocycles. The van der Waals surface area contributed by atoms with E-state index >= 15 is 0 Å². The molecule has 0 fully saturated rings. The van der Waals surface area contributed by atoms with Crippen molar-refractivity contribution in [3.8, 4) is 11.5 Å². The number of ether oxygens (including phenoxy) is 2. The van der Waals surface area contributed by atoms with E-state index in [0.717, 1.165) is 11.1 Å². The third kappa shape index (κ3) is 3.77. The van der Waals surface area contributed by atoms with Crippen LogP contribution in [0.2, 0.25) is 0 Å². The van der Waals surface area contributed by atoms with Crippen LogP contribution in [0.1, 0.15) is 21.5 Å². The quantitative estimate of drug-likeness (QED) is 0.857. The van der Waals surface area contributed by atoms with E-state index in [1.807, 2.05) is 30.3 Å². The molecule has 0 atom stereocenters. The van der Waals surface area contributed by atoms with E-state index in [1.165, 1.54) is 0 Å². The van der Waals surface area contributed by atoms with Gasteiger partial charge in [-0.1, -0.05) is 18.2 Å². The molecule has 0 bridgehead atoms. The Labute approximate surface area is 130 Å². The second-order valence-corrected chi connectivity index (χ2v) is 4.78. The van der Waals surface area contributed by atoms with Crippen LogP contribution in [0.4, 0.5) is 0 Å². The molecule has 5 heteroatoms. The summed E-state index contributed by atoms with van der Waals surface area (Å²) in [5.74, 6) is 1.16. The molecule has 0 unspecified atom stereocenters. The second kappa shape index (κ2) is 7.47. The van der Waals surface area contributed by atoms with Crippen LogP contribution in [0.15, 0.2) is 42.5 Å². The first-order chi connectivity index (χ1) is 10.7. The second-order valence-electron chi connectivity index (χ2n) is 4.78. The lowest BCUT2D eigenvalue weighted by atomic mass is 10.1. The van der Waals surface area contributed by atoms with Crippen LogP contribution in [-0.2, 0) is 13.1 Å². The summed E-state index contributed by atoms with van der Waals surface area (Å²) in [4.78, 5) is 12.2. The summed E-state index contributed by atoms with van der Waals surface area (Å²) < 4.78 is 10.4. The van der Waals surface area contributed by atoms with Gasteiger partial charge in [0.1, 0.15) is 0 Å². The molecular formula is C17H20N2O3. The Morgan fingerprint density at radius 3 is 2.50 bits per heavy atom. The van der Waals surface area contributed by atoms with E-state index in [-0.39, 0.29) is 5.91 Å². The van der Waals surface area contributed by atoms with Gasteiger partial charge in [0.15, 0.2) is 11.5 Å². The van der Waals surface area contributed by atoms with Crippen LogP contribution < -0.4 is 20.5 Å². The fraction of sp³-hybridized carbons (Fsp3) is 0.235. The van der Waals surface area contributed by atoms with E-state index in [1.54, 1.807) is 26.4 Å². The number of amides is 1. The fourth-order valence-electron chi connectivity index (χ4n) is 2.11. The molecule has 0 saturated heterocycles. The van der Waals surface area contributed by atoms with Gasteiger partial charge >= 0.3 is 0 Å². The van der Waals surface area contributed by atoms with Crippen LogP contribution in [0.5, 0.6) is 11.5 Å². The normalized spacial score (nSPS) is 10.1. The first-order valence-electron chi connectivity index (χ1n) is 6.96. The van der Waals surface area contributed by atoms with Gasteiger partial charge in [-0.05, 0) is 35.4 Å². The molecule has 0 aromatic heterocycles. The van der Waals surface area contributed by atoms with Gasteiger partial charge in [-0.2, -0.15) is 0 Å². The van der Waals surface area contributed by atoms with E-state index in [2.05, 4.69) is 5.32 Å². The predicted molar refractivity (Wildman–Crippen MR) is 85.0 cm³/mol. The zero-order valence-electron chi connectivity index (χ0n) is 12.8. The van der Waals surface area contributed by atoms with E-state index < -0.39 is 0 Å². The Bertz CT molecular complexity index is 656. The Hall–Kier alpha value is -2.53. The predicted octanol–water partition coefficient (Wildman–Crippen LogP) is 2.09. The maximum absolute atomic E-state index is 12.2. The molecule has 22 heavy (non-hydrogen) atoms. The van der Waals surface area contributed by atoms with Gasteiger partial charge in [0.2, 0.25) is 0 Å². The molecule has 0 aliphatic rings. The number of benzene rings is 2. The van der Waals surface area contributed by atoms with E-state index in [0.29, 0.717) is 30.2 Å². The summed E-state index contributed by atoms with van der Waals surface area (Å²) in [6.07, 6.45) is 0. The summed E-state index contributed by atoms with van der Waals surface area (Å²) in [6.45, 7) is 0.822. The Kier molecular flexibility index (Phi) is 5.38. The maximum Gasteiger partial charge on any atom is 0.251 e. The van der Waals surface area contributed by atoms with Crippen molar-refractivity contribution in [1.29, 1.82) is 0 Å². The fourth-order valence-corrected chi connectivity index (χ4v) is 2.11. The van der Waals surface area contributed by atoms with Crippen molar-refractivity contribution >= 4 is 5.91 Å². The van der Waals surface area contributed by atoms with Crippen molar-refractivity contribution in [2.24, 2.45) is 5.73 Å². The number of carbonyl (C=O) groups excluding carboxylic acids is 1. The topological polar surface area (TPSA) is 73.6 Å². The average Bonchev–Trinajstić information content (AvgIpc) is 2.59. The smallest absolute Gasteiger partial charge is 0.251 e. The lowest BCUT2D eigenvalue weighted by Gasteiger charge is -2.10. The summed E-state index contributed by atoms with van der Waals surface area (Å²) in [5, 5.41) is 2.88. The molecule has 2 aromatic rings. The number of hydrogen-bond donors (Lipinski definition) is 2. The molecule has 1 amide bonds. The van der Waals surface area contributed by atoms with Crippen molar-refractivity contribution in [2.75, 3.05) is 14.2 Å². The van der Waals surface area contributed by atoms with Crippen LogP contribution in [0.3, 0.4) is 0 Å². The van der Waals surface area contributed by atoms with Crippen molar-refractivity contribution in [2.45, 2.75) is 13.1 Å². The molecular weight excluding hydrogens is 280 g/mol. The highest BCUT2D eigenvalue weighted by Gasteiger charge is 2.08. The number of rotatable bonds is 6. The van der Waals surface area contributed by atoms with Gasteiger partial charge in [0.05, 0.1) is 14.2 Å². The molecule has 3 N–H and O–H groups in total. The molecule has 0 aliphatic carbocycles. The molecule has 0 spiro atoms. The highest BCUT2D eigenvalue weighted by atomic mass is 16.5. The van der Waals surface area contributed by atoms with Gasteiger partial charge < -0.3 is 20.5 Å². The molecule has 5 nitrogen and oxygen atoms in total. The van der Waals surface area contributed by atoms with E-state index in [4.69, 9.17) is 15.2 Å². The van der Waals surface area contributed by atoms with Gasteiger partial charge in [-0.25, -0.2) is 0 Å². The minimum Gasteiger partial charge on any atom is -0.493 e. The zero-order chi connectivity index (χ0) is 15.9. The minimum atomic E-state index is -0.134. The highest BCUT2D eigenvalue weighted by Crippen LogP contribution is 2.27. The molecule has 0 heterocycles. The number of hydrogen-bond acceptors (Lipinski definition) is 4. The summed E-state index contributed by atoms with van der Waals surface area (Å²) in [5.41, 5.74) is 8.05. The van der Waals surface area contributed by atoms with E-state index in [9.17, 15) is 4.79 Å². The van der Waals surface area contributed by atoms with Gasteiger partial charge in [0.25, 0.3) is 5.91 Å². The third-order valence-electron chi connectivity index (χ3n) is 3.33. The van der Waals surface area contributed by atoms with Crippen LogP contribution in [0.25, 0.3) is 0 Å². The first kappa shape index (κ1) is 15.9. The first-order valence-corrected chi connectivity index (χ1v) is 6.96. The van der Waals surface area contributed by atoms with Gasteiger partial charge in [-0.15, -0.1) is 0 Å². The maximum atomic E-state index is 12.2. The average molecular weight is 300 g/mol. The number of nitrogens with two attached hydrogens (primary N) is 1. The molecule has 116 valence electrons. The summed E-state index contributed by atoms with van der Waals surface area (Å²) in [7, 11) is 3.17. The Morgan fingerprint density at radius 1 is 1.05 bits per heavy atom. The lowest BCUT2D eigenvalue weighted by Crippen LogP contribution is -2.23. The van der Waals surface area contributed by atoms with Crippen LogP contribution >= 0.6 is 0 Å². The van der Waals surface area contributed by atoms with Gasteiger partial charge in [0, 0.05) is 18.7 Å². The summed E-state index contributed by atoms with van der Waals surface area (Å²) >= 11 is 0.